The van der Waals surface area contributed by atoms with Gasteiger partial charge >= 0.3 is 0 Å². The van der Waals surface area contributed by atoms with Gasteiger partial charge in [-0.2, -0.15) is 0 Å². The van der Waals surface area contributed by atoms with Crippen LogP contribution in [0.4, 0.5) is 9.80 Å². The normalized spacial score (nSPS) is 34.0. The first kappa shape index (κ1) is 20.5. The van der Waals surface area contributed by atoms with Gasteiger partial charge in [-0.15, -0.1) is 0 Å². The second-order valence-corrected chi connectivity index (χ2v) is 12.8. The molecule has 2 N–H and O–H groups in total. The molecule has 6 nitrogen and oxygen atoms in total. The van der Waals surface area contributed by atoms with Crippen molar-refractivity contribution in [2.75, 3.05) is 18.5 Å². The first-order valence-corrected chi connectivity index (χ1v) is 13.3. The van der Waals surface area contributed by atoms with Crippen molar-refractivity contribution in [3.8, 4) is 0 Å². The predicted molar refractivity (Wildman–Crippen MR) is 110 cm³/mol. The Morgan fingerprint density at radius 1 is 1.41 bits per heavy atom. The van der Waals surface area contributed by atoms with E-state index in [2.05, 4.69) is 5.32 Å². The highest BCUT2D eigenvalue weighted by atomic mass is 28.4. The standard InChI is InChI=1S/C21H29FN2O4Si/c1-13-19(29(2,3)22)17(11-18(26)24-10-6-7-14(24)12-25)28-21(13)15-8-4-5-9-16(15)23-20(21)27/h4-5,8-9,13-14,17,19,25H,6-7,10-12H2,1-3H3,(H,23,27)/t13-,14-,17+,19-,21+/m0/s1. The molecule has 2 fully saturated rings. The Kier molecular flexibility index (Phi) is 5.07. The van der Waals surface area contributed by atoms with Gasteiger partial charge in [0.25, 0.3) is 5.91 Å². The van der Waals surface area contributed by atoms with E-state index in [0.29, 0.717) is 12.2 Å². The summed E-state index contributed by atoms with van der Waals surface area (Å²) in [5, 5.41) is 12.4. The van der Waals surface area contributed by atoms with Gasteiger partial charge in [0.15, 0.2) is 5.60 Å². The number of nitrogens with zero attached hydrogens (tertiary/aromatic N) is 1. The molecule has 29 heavy (non-hydrogen) atoms. The molecule has 0 aliphatic carbocycles. The number of hydrogen-bond acceptors (Lipinski definition) is 4. The van der Waals surface area contributed by atoms with Gasteiger partial charge in [-0.3, -0.25) is 9.59 Å². The third-order valence-electron chi connectivity index (χ3n) is 6.91. The molecule has 1 aromatic rings. The Labute approximate surface area is 171 Å². The van der Waals surface area contributed by atoms with Crippen LogP contribution >= 0.6 is 0 Å². The number of rotatable bonds is 4. The van der Waals surface area contributed by atoms with E-state index in [9.17, 15) is 14.7 Å². The number of benzene rings is 1. The van der Waals surface area contributed by atoms with Gasteiger partial charge in [-0.1, -0.05) is 25.1 Å². The second kappa shape index (κ2) is 7.18. The molecule has 5 atom stereocenters. The summed E-state index contributed by atoms with van der Waals surface area (Å²) >= 11 is 0. The van der Waals surface area contributed by atoms with Gasteiger partial charge in [-0.25, -0.2) is 0 Å². The number of carbonyl (C=O) groups is 2. The summed E-state index contributed by atoms with van der Waals surface area (Å²) in [7, 11) is -3.25. The molecule has 0 aromatic heterocycles. The number of carbonyl (C=O) groups excluding carboxylic acids is 2. The van der Waals surface area contributed by atoms with Crippen LogP contribution in [0.15, 0.2) is 24.3 Å². The van der Waals surface area contributed by atoms with E-state index in [4.69, 9.17) is 4.74 Å². The molecule has 0 saturated carbocycles. The molecule has 1 spiro atoms. The summed E-state index contributed by atoms with van der Waals surface area (Å²) in [6.07, 6.45) is 0.992. The lowest BCUT2D eigenvalue weighted by Crippen LogP contribution is -2.42. The number of aliphatic hydroxyl groups is 1. The van der Waals surface area contributed by atoms with Gasteiger partial charge in [0, 0.05) is 29.3 Å². The van der Waals surface area contributed by atoms with Crippen LogP contribution in [-0.4, -0.2) is 55.5 Å². The first-order chi connectivity index (χ1) is 13.7. The minimum Gasteiger partial charge on any atom is -0.394 e. The van der Waals surface area contributed by atoms with Crippen molar-refractivity contribution >= 4 is 25.9 Å². The topological polar surface area (TPSA) is 78.9 Å². The number of fused-ring (bicyclic) bond motifs is 2. The largest absolute Gasteiger partial charge is 0.394 e. The molecular weight excluding hydrogens is 391 g/mol. The molecule has 2 amide bonds. The Morgan fingerprint density at radius 3 is 2.83 bits per heavy atom. The van der Waals surface area contributed by atoms with E-state index < -0.39 is 25.7 Å². The molecule has 3 aliphatic heterocycles. The Hall–Kier alpha value is -1.77. The van der Waals surface area contributed by atoms with Crippen molar-refractivity contribution in [2.24, 2.45) is 5.92 Å². The molecule has 0 radical (unpaired) electrons. The maximum atomic E-state index is 15.5. The van der Waals surface area contributed by atoms with E-state index >= 15 is 4.11 Å². The fourth-order valence-electron chi connectivity index (χ4n) is 5.67. The number of nitrogens with one attached hydrogen (secondary N) is 1. The van der Waals surface area contributed by atoms with Crippen molar-refractivity contribution in [1.82, 2.24) is 4.90 Å². The molecule has 8 heteroatoms. The zero-order chi connectivity index (χ0) is 21.0. The summed E-state index contributed by atoms with van der Waals surface area (Å²) in [5.74, 6) is -0.799. The van der Waals surface area contributed by atoms with Crippen molar-refractivity contribution in [3.63, 3.8) is 0 Å². The summed E-state index contributed by atoms with van der Waals surface area (Å²) in [4.78, 5) is 27.7. The van der Waals surface area contributed by atoms with E-state index in [1.165, 1.54) is 0 Å². The predicted octanol–water partition coefficient (Wildman–Crippen LogP) is 2.79. The van der Waals surface area contributed by atoms with Crippen LogP contribution in [0.2, 0.25) is 18.6 Å². The zero-order valence-corrected chi connectivity index (χ0v) is 18.2. The molecule has 1 aromatic carbocycles. The average Bonchev–Trinajstić information content (AvgIpc) is 3.31. The van der Waals surface area contributed by atoms with Gasteiger partial charge in [0.1, 0.15) is 0 Å². The van der Waals surface area contributed by atoms with Gasteiger partial charge < -0.3 is 24.2 Å². The highest BCUT2D eigenvalue weighted by Crippen LogP contribution is 2.58. The van der Waals surface area contributed by atoms with Crippen LogP contribution in [0.3, 0.4) is 0 Å². The van der Waals surface area contributed by atoms with Crippen LogP contribution in [0, 0.1) is 5.92 Å². The first-order valence-electron chi connectivity index (χ1n) is 10.4. The lowest BCUT2D eigenvalue weighted by atomic mass is 9.82. The van der Waals surface area contributed by atoms with Crippen molar-refractivity contribution in [1.29, 1.82) is 0 Å². The Balaban J connectivity index is 1.67. The van der Waals surface area contributed by atoms with Gasteiger partial charge in [0.05, 0.1) is 25.2 Å². The van der Waals surface area contributed by atoms with E-state index in [-0.39, 0.29) is 36.8 Å². The van der Waals surface area contributed by atoms with Crippen LogP contribution in [-0.2, 0) is 19.9 Å². The summed E-state index contributed by atoms with van der Waals surface area (Å²) < 4.78 is 21.8. The van der Waals surface area contributed by atoms with E-state index in [1.54, 1.807) is 18.0 Å². The summed E-state index contributed by atoms with van der Waals surface area (Å²) in [5.41, 5.74) is -0.332. The summed E-state index contributed by atoms with van der Waals surface area (Å²) in [6.45, 7) is 5.65. The lowest BCUT2D eigenvalue weighted by molar-refractivity contribution is -0.148. The smallest absolute Gasteiger partial charge is 0.261 e. The Bertz CT molecular complexity index is 829. The number of likely N-dealkylation sites (tertiary alicyclic amines) is 1. The number of aliphatic hydroxyl groups excluding tert-OH is 1. The fourth-order valence-corrected chi connectivity index (χ4v) is 8.16. The SMILES string of the molecule is C[C@H]1[C@H]([Si](C)(C)F)[C@@H](CC(=O)N2CCC[C@H]2CO)O[C@]12C(=O)Nc1ccccc12. The highest BCUT2D eigenvalue weighted by molar-refractivity contribution is 6.72. The van der Waals surface area contributed by atoms with Crippen LogP contribution < -0.4 is 5.32 Å². The Morgan fingerprint density at radius 2 is 2.14 bits per heavy atom. The fraction of sp³-hybridized carbons (Fsp3) is 0.619. The molecule has 0 bridgehead atoms. The number of hydrogen-bond donors (Lipinski definition) is 2. The molecule has 158 valence electrons. The number of amides is 2. The van der Waals surface area contributed by atoms with Crippen molar-refractivity contribution in [2.45, 2.75) is 62.6 Å². The summed E-state index contributed by atoms with van der Waals surface area (Å²) in [6, 6.07) is 7.17. The van der Waals surface area contributed by atoms with E-state index in [1.807, 2.05) is 31.2 Å². The third-order valence-corrected chi connectivity index (χ3v) is 9.36. The highest BCUT2D eigenvalue weighted by Gasteiger charge is 2.65. The maximum Gasteiger partial charge on any atom is 0.261 e. The lowest BCUT2D eigenvalue weighted by Gasteiger charge is -2.31. The van der Waals surface area contributed by atoms with Crippen molar-refractivity contribution in [3.05, 3.63) is 29.8 Å². The van der Waals surface area contributed by atoms with Gasteiger partial charge in [0.2, 0.25) is 14.3 Å². The molecule has 4 rings (SSSR count). The molecular formula is C21H29FN2O4Si. The van der Waals surface area contributed by atoms with Crippen molar-refractivity contribution < 1.29 is 23.5 Å². The second-order valence-electron chi connectivity index (χ2n) is 9.04. The van der Waals surface area contributed by atoms with Gasteiger partial charge in [-0.05, 0) is 32.0 Å². The molecule has 2 saturated heterocycles. The maximum absolute atomic E-state index is 15.5. The zero-order valence-electron chi connectivity index (χ0n) is 17.2. The molecule has 3 heterocycles. The van der Waals surface area contributed by atoms with Crippen LogP contribution in [0.1, 0.15) is 31.7 Å². The quantitative estimate of drug-likeness (QED) is 0.580. The number of ether oxygens (including phenoxy) is 1. The minimum atomic E-state index is -3.25. The van der Waals surface area contributed by atoms with Crippen LogP contribution in [0.5, 0.6) is 0 Å². The average molecular weight is 421 g/mol. The number of anilines is 1. The minimum absolute atomic E-state index is 0.0308. The number of para-hydroxylation sites is 1. The van der Waals surface area contributed by atoms with E-state index in [0.717, 1.165) is 18.4 Å². The number of halogens is 1. The molecule has 0 unspecified atom stereocenters. The monoisotopic (exact) mass is 420 g/mol. The third kappa shape index (κ3) is 3.12. The van der Waals surface area contributed by atoms with Crippen LogP contribution in [0.25, 0.3) is 0 Å². The molecule has 3 aliphatic rings.